The third kappa shape index (κ3) is 3.02. The zero-order valence-electron chi connectivity index (χ0n) is 12.9. The molecule has 1 aromatic heterocycles. The van der Waals surface area contributed by atoms with Crippen molar-refractivity contribution >= 4 is 29.4 Å². The molecule has 116 valence electrons. The fourth-order valence-corrected chi connectivity index (χ4v) is 2.50. The van der Waals surface area contributed by atoms with Crippen molar-refractivity contribution in [1.29, 1.82) is 0 Å². The first-order valence-corrected chi connectivity index (χ1v) is 7.50. The highest BCUT2D eigenvalue weighted by Gasteiger charge is 2.39. The first kappa shape index (κ1) is 15.8. The molecule has 8 heteroatoms. The lowest BCUT2D eigenvalue weighted by atomic mass is 10.00. The Morgan fingerprint density at radius 3 is 2.57 bits per heavy atom. The van der Waals surface area contributed by atoms with Crippen LogP contribution in [0.5, 0.6) is 0 Å². The maximum absolute atomic E-state index is 12.0. The van der Waals surface area contributed by atoms with Gasteiger partial charge in [-0.2, -0.15) is 15.0 Å². The predicted molar refractivity (Wildman–Crippen MR) is 82.8 cm³/mol. The topological polar surface area (TPSA) is 74.2 Å². The van der Waals surface area contributed by atoms with Crippen molar-refractivity contribution in [2.75, 3.05) is 36.0 Å². The van der Waals surface area contributed by atoms with Crippen LogP contribution in [0.3, 0.4) is 0 Å². The summed E-state index contributed by atoms with van der Waals surface area (Å²) in [5, 5.41) is 2.99. The summed E-state index contributed by atoms with van der Waals surface area (Å²) >= 11 is 6.04. The predicted octanol–water partition coefficient (Wildman–Crippen LogP) is 1.09. The highest BCUT2D eigenvalue weighted by atomic mass is 35.5. The largest absolute Gasteiger partial charge is 0.352 e. The van der Waals surface area contributed by atoms with Crippen LogP contribution in [0.15, 0.2) is 0 Å². The van der Waals surface area contributed by atoms with Gasteiger partial charge in [-0.3, -0.25) is 4.79 Å². The summed E-state index contributed by atoms with van der Waals surface area (Å²) in [4.78, 5) is 28.8. The van der Waals surface area contributed by atoms with Crippen LogP contribution in [0.25, 0.3) is 0 Å². The Hall–Kier alpha value is -1.63. The van der Waals surface area contributed by atoms with E-state index in [2.05, 4.69) is 20.3 Å². The summed E-state index contributed by atoms with van der Waals surface area (Å²) in [6.07, 6.45) is 0. The SMILES string of the molecule is CCN(CC)c1nc(Cl)nc(N2CCNC(=O)C2(C)C)n1. The summed E-state index contributed by atoms with van der Waals surface area (Å²) in [7, 11) is 0. The van der Waals surface area contributed by atoms with Gasteiger partial charge in [-0.1, -0.05) is 0 Å². The van der Waals surface area contributed by atoms with E-state index in [1.54, 1.807) is 0 Å². The molecule has 1 N–H and O–H groups in total. The number of hydrogen-bond acceptors (Lipinski definition) is 6. The van der Waals surface area contributed by atoms with Gasteiger partial charge in [0.25, 0.3) is 0 Å². The molecule has 1 saturated heterocycles. The van der Waals surface area contributed by atoms with E-state index in [1.807, 2.05) is 37.5 Å². The van der Waals surface area contributed by atoms with Gasteiger partial charge in [-0.15, -0.1) is 0 Å². The van der Waals surface area contributed by atoms with Crippen LogP contribution in [0, 0.1) is 0 Å². The van der Waals surface area contributed by atoms with Gasteiger partial charge in [-0.05, 0) is 39.3 Å². The fraction of sp³-hybridized carbons (Fsp3) is 0.692. The first-order valence-electron chi connectivity index (χ1n) is 7.12. The van der Waals surface area contributed by atoms with Gasteiger partial charge in [0.1, 0.15) is 5.54 Å². The maximum atomic E-state index is 12.0. The third-order valence-corrected chi connectivity index (χ3v) is 3.89. The highest BCUT2D eigenvalue weighted by Crippen LogP contribution is 2.25. The van der Waals surface area contributed by atoms with E-state index in [0.717, 1.165) is 13.1 Å². The third-order valence-electron chi connectivity index (χ3n) is 3.72. The van der Waals surface area contributed by atoms with Gasteiger partial charge in [0.15, 0.2) is 0 Å². The van der Waals surface area contributed by atoms with Gasteiger partial charge in [0, 0.05) is 26.2 Å². The fourth-order valence-electron chi connectivity index (χ4n) is 2.35. The minimum Gasteiger partial charge on any atom is -0.352 e. The number of anilines is 2. The molecule has 7 nitrogen and oxygen atoms in total. The Morgan fingerprint density at radius 2 is 1.95 bits per heavy atom. The summed E-state index contributed by atoms with van der Waals surface area (Å²) < 4.78 is 0. The molecule has 0 aliphatic carbocycles. The molecule has 2 rings (SSSR count). The van der Waals surface area contributed by atoms with Gasteiger partial charge in [0.05, 0.1) is 0 Å². The number of nitrogens with one attached hydrogen (secondary N) is 1. The molecule has 0 aromatic carbocycles. The molecule has 1 aliphatic rings. The number of rotatable bonds is 4. The van der Waals surface area contributed by atoms with Crippen molar-refractivity contribution in [1.82, 2.24) is 20.3 Å². The number of hydrogen-bond donors (Lipinski definition) is 1. The Labute approximate surface area is 129 Å². The zero-order chi connectivity index (χ0) is 15.6. The normalized spacial score (nSPS) is 17.6. The van der Waals surface area contributed by atoms with Gasteiger partial charge < -0.3 is 15.1 Å². The van der Waals surface area contributed by atoms with Crippen molar-refractivity contribution in [2.24, 2.45) is 0 Å². The average Bonchev–Trinajstić information content (AvgIpc) is 2.42. The van der Waals surface area contributed by atoms with E-state index < -0.39 is 5.54 Å². The molecule has 0 bridgehead atoms. The lowest BCUT2D eigenvalue weighted by molar-refractivity contribution is -0.126. The van der Waals surface area contributed by atoms with Crippen molar-refractivity contribution < 1.29 is 4.79 Å². The van der Waals surface area contributed by atoms with Crippen molar-refractivity contribution in [3.8, 4) is 0 Å². The minimum atomic E-state index is -0.719. The number of carbonyl (C=O) groups is 1. The first-order chi connectivity index (χ1) is 9.90. The van der Waals surface area contributed by atoms with Crippen LogP contribution < -0.4 is 15.1 Å². The second kappa shape index (κ2) is 6.01. The molecule has 0 unspecified atom stereocenters. The van der Waals surface area contributed by atoms with E-state index in [1.165, 1.54) is 0 Å². The Kier molecular flexibility index (Phi) is 4.51. The molecule has 0 atom stereocenters. The Morgan fingerprint density at radius 1 is 1.29 bits per heavy atom. The van der Waals surface area contributed by atoms with Crippen molar-refractivity contribution in [3.05, 3.63) is 5.28 Å². The number of amides is 1. The van der Waals surface area contributed by atoms with E-state index in [4.69, 9.17) is 11.6 Å². The quantitative estimate of drug-likeness (QED) is 0.897. The van der Waals surface area contributed by atoms with E-state index in [-0.39, 0.29) is 11.2 Å². The van der Waals surface area contributed by atoms with Crippen LogP contribution in [0.1, 0.15) is 27.7 Å². The lowest BCUT2D eigenvalue weighted by Crippen LogP contribution is -2.62. The molecule has 0 radical (unpaired) electrons. The van der Waals surface area contributed by atoms with Crippen LogP contribution >= 0.6 is 11.6 Å². The molecule has 1 aliphatic heterocycles. The molecule has 1 aromatic rings. The highest BCUT2D eigenvalue weighted by molar-refractivity contribution is 6.28. The van der Waals surface area contributed by atoms with Gasteiger partial charge in [-0.25, -0.2) is 0 Å². The second-order valence-corrected chi connectivity index (χ2v) is 5.68. The standard InChI is InChI=1S/C13H21ClN6O/c1-5-19(6-2)11-16-10(14)17-12(18-11)20-8-7-15-9(21)13(20,3)4/h5-8H2,1-4H3,(H,15,21). The van der Waals surface area contributed by atoms with Crippen LogP contribution in [-0.4, -0.2) is 52.6 Å². The summed E-state index contributed by atoms with van der Waals surface area (Å²) in [5.74, 6) is 0.934. The van der Waals surface area contributed by atoms with Gasteiger partial charge >= 0.3 is 0 Å². The number of nitrogens with zero attached hydrogens (tertiary/aromatic N) is 5. The summed E-state index contributed by atoms with van der Waals surface area (Å²) in [6, 6.07) is 0. The molecular weight excluding hydrogens is 292 g/mol. The van der Waals surface area contributed by atoms with Crippen molar-refractivity contribution in [2.45, 2.75) is 33.2 Å². The van der Waals surface area contributed by atoms with Crippen LogP contribution in [-0.2, 0) is 4.79 Å². The van der Waals surface area contributed by atoms with Crippen molar-refractivity contribution in [3.63, 3.8) is 0 Å². The Bertz CT molecular complexity index is 531. The zero-order valence-corrected chi connectivity index (χ0v) is 13.6. The van der Waals surface area contributed by atoms with Gasteiger partial charge in [0.2, 0.25) is 23.1 Å². The maximum Gasteiger partial charge on any atom is 0.245 e. The summed E-state index contributed by atoms with van der Waals surface area (Å²) in [6.45, 7) is 10.5. The monoisotopic (exact) mass is 312 g/mol. The number of carbonyl (C=O) groups excluding carboxylic acids is 1. The van der Waals surface area contributed by atoms with Crippen LogP contribution in [0.2, 0.25) is 5.28 Å². The number of halogens is 1. The Balaban J connectivity index is 2.41. The molecule has 2 heterocycles. The second-order valence-electron chi connectivity index (χ2n) is 5.34. The van der Waals surface area contributed by atoms with E-state index in [9.17, 15) is 4.79 Å². The molecule has 1 fully saturated rings. The van der Waals surface area contributed by atoms with E-state index >= 15 is 0 Å². The smallest absolute Gasteiger partial charge is 0.245 e. The molecule has 21 heavy (non-hydrogen) atoms. The molecular formula is C13H21ClN6O. The number of piperazine rings is 1. The molecule has 0 spiro atoms. The van der Waals surface area contributed by atoms with Crippen LogP contribution in [0.4, 0.5) is 11.9 Å². The lowest BCUT2D eigenvalue weighted by Gasteiger charge is -2.41. The average molecular weight is 313 g/mol. The minimum absolute atomic E-state index is 0.0466. The number of aromatic nitrogens is 3. The van der Waals surface area contributed by atoms with E-state index in [0.29, 0.717) is 25.0 Å². The molecule has 1 amide bonds. The summed E-state index contributed by atoms with van der Waals surface area (Å²) in [5.41, 5.74) is -0.719. The molecule has 0 saturated carbocycles.